The Kier molecular flexibility index (Phi) is 4.69. The van der Waals surface area contributed by atoms with Gasteiger partial charge in [0, 0.05) is 18.2 Å². The van der Waals surface area contributed by atoms with Gasteiger partial charge in [-0.15, -0.1) is 0 Å². The molecule has 2 aliphatic rings. The fourth-order valence-electron chi connectivity index (χ4n) is 3.84. The van der Waals surface area contributed by atoms with Crippen molar-refractivity contribution < 1.29 is 22.7 Å². The molecule has 1 saturated heterocycles. The molecular weight excluding hydrogens is 392 g/mol. The predicted octanol–water partition coefficient (Wildman–Crippen LogP) is 3.03. The fraction of sp³-hybridized carbons (Fsp3) is 0.381. The van der Waals surface area contributed by atoms with Gasteiger partial charge in [-0.2, -0.15) is 0 Å². The largest absolute Gasteiger partial charge is 0.497 e. The minimum atomic E-state index is -3.81. The Morgan fingerprint density at radius 2 is 1.72 bits per heavy atom. The summed E-state index contributed by atoms with van der Waals surface area (Å²) in [4.78, 5) is 13.0. The van der Waals surface area contributed by atoms with Gasteiger partial charge in [0.1, 0.15) is 11.5 Å². The molecule has 2 fully saturated rings. The Balaban J connectivity index is 1.52. The molecule has 7 nitrogen and oxygen atoms in total. The van der Waals surface area contributed by atoms with Crippen LogP contribution in [0.2, 0.25) is 0 Å². The van der Waals surface area contributed by atoms with Crippen LogP contribution in [0.4, 0.5) is 11.4 Å². The van der Waals surface area contributed by atoms with Crippen LogP contribution < -0.4 is 19.1 Å². The molecule has 0 aromatic heterocycles. The zero-order valence-electron chi connectivity index (χ0n) is 16.6. The van der Waals surface area contributed by atoms with Crippen molar-refractivity contribution in [1.29, 1.82) is 0 Å². The molecule has 1 aliphatic heterocycles. The predicted molar refractivity (Wildman–Crippen MR) is 111 cm³/mol. The molecule has 1 N–H and O–H groups in total. The Bertz CT molecular complexity index is 1020. The van der Waals surface area contributed by atoms with Crippen molar-refractivity contribution in [1.82, 2.24) is 0 Å². The second kappa shape index (κ2) is 6.95. The number of ether oxygens (including phenoxy) is 2. The number of amides is 1. The zero-order chi connectivity index (χ0) is 20.8. The molecule has 2 aromatic carbocycles. The summed E-state index contributed by atoms with van der Waals surface area (Å²) in [6.07, 6.45) is 0.400. The number of carbonyl (C=O) groups excluding carboxylic acids is 1. The van der Waals surface area contributed by atoms with Crippen LogP contribution in [0.1, 0.15) is 20.3 Å². The lowest BCUT2D eigenvalue weighted by Crippen LogP contribution is -2.42. The molecule has 2 atom stereocenters. The van der Waals surface area contributed by atoms with Crippen LogP contribution in [0.3, 0.4) is 0 Å². The Morgan fingerprint density at radius 1 is 1.10 bits per heavy atom. The average molecular weight is 416 g/mol. The third-order valence-electron chi connectivity index (χ3n) is 5.41. The normalized spacial score (nSPS) is 24.1. The summed E-state index contributed by atoms with van der Waals surface area (Å²) >= 11 is 0. The molecule has 29 heavy (non-hydrogen) atoms. The number of methoxy groups -OCH3 is 1. The fourth-order valence-corrected chi connectivity index (χ4v) is 6.21. The maximum absolute atomic E-state index is 13.2. The van der Waals surface area contributed by atoms with E-state index in [4.69, 9.17) is 9.47 Å². The van der Waals surface area contributed by atoms with Crippen LogP contribution in [0.15, 0.2) is 48.5 Å². The van der Waals surface area contributed by atoms with Gasteiger partial charge in [-0.25, -0.2) is 8.42 Å². The van der Waals surface area contributed by atoms with Gasteiger partial charge in [-0.3, -0.25) is 9.10 Å². The smallest absolute Gasteiger partial charge is 0.250 e. The van der Waals surface area contributed by atoms with Crippen molar-refractivity contribution in [3.8, 4) is 11.5 Å². The monoisotopic (exact) mass is 416 g/mol. The van der Waals surface area contributed by atoms with Gasteiger partial charge in [0.05, 0.1) is 18.9 Å². The third kappa shape index (κ3) is 3.21. The maximum atomic E-state index is 13.2. The second-order valence-electron chi connectivity index (χ2n) is 7.67. The molecule has 4 rings (SSSR count). The van der Waals surface area contributed by atoms with Gasteiger partial charge in [0.15, 0.2) is 4.75 Å². The molecule has 1 heterocycles. The van der Waals surface area contributed by atoms with Crippen molar-refractivity contribution in [2.24, 2.45) is 5.92 Å². The van der Waals surface area contributed by atoms with E-state index >= 15 is 0 Å². The van der Waals surface area contributed by atoms with Crippen molar-refractivity contribution in [2.45, 2.75) is 31.1 Å². The van der Waals surface area contributed by atoms with E-state index in [9.17, 15) is 13.2 Å². The van der Waals surface area contributed by atoms with Crippen LogP contribution in [0, 0.1) is 5.92 Å². The summed E-state index contributed by atoms with van der Waals surface area (Å²) in [5, 5.41) is 2.77. The molecule has 1 aliphatic carbocycles. The highest BCUT2D eigenvalue weighted by atomic mass is 32.2. The molecule has 154 valence electrons. The number of fused-ring (bicyclic) bond motifs is 1. The first-order chi connectivity index (χ1) is 13.8. The van der Waals surface area contributed by atoms with E-state index in [-0.39, 0.29) is 12.0 Å². The Morgan fingerprint density at radius 3 is 2.31 bits per heavy atom. The molecule has 0 bridgehead atoms. The molecule has 0 spiro atoms. The summed E-state index contributed by atoms with van der Waals surface area (Å²) in [5.41, 5.74) is 1.09. The van der Waals surface area contributed by atoms with Crippen LogP contribution >= 0.6 is 0 Å². The third-order valence-corrected chi connectivity index (χ3v) is 7.96. The highest BCUT2D eigenvalue weighted by Gasteiger charge is 2.75. The molecular formula is C21H24N2O5S. The number of carbonyl (C=O) groups is 1. The number of hydrogen-bond donors (Lipinski definition) is 1. The van der Waals surface area contributed by atoms with Crippen LogP contribution in [0.5, 0.6) is 11.5 Å². The molecule has 0 unspecified atom stereocenters. The van der Waals surface area contributed by atoms with Gasteiger partial charge in [0.2, 0.25) is 15.9 Å². The van der Waals surface area contributed by atoms with Crippen LogP contribution in [-0.2, 0) is 14.8 Å². The first-order valence-corrected chi connectivity index (χ1v) is 11.0. The number of hydrogen-bond acceptors (Lipinski definition) is 5. The van der Waals surface area contributed by atoms with Crippen LogP contribution in [-0.4, -0.2) is 38.8 Å². The molecule has 1 amide bonds. The van der Waals surface area contributed by atoms with Gasteiger partial charge in [0.25, 0.3) is 0 Å². The first-order valence-electron chi connectivity index (χ1n) is 9.52. The average Bonchev–Trinajstić information content (AvgIpc) is 3.38. The van der Waals surface area contributed by atoms with Crippen molar-refractivity contribution in [3.63, 3.8) is 0 Å². The van der Waals surface area contributed by atoms with Gasteiger partial charge in [-0.05, 0) is 68.8 Å². The lowest BCUT2D eigenvalue weighted by atomic mass is 10.2. The standard InChI is InChI=1S/C21H24N2O5S/c1-14(2)28-19-8-4-16(5-9-19)22-20(24)21-12-15(21)13-23(29(21,25)26)17-6-10-18(27-3)11-7-17/h4-11,14-15H,12-13H2,1-3H3,(H,22,24)/t15-,21-/m1/s1. The molecule has 2 aromatic rings. The summed E-state index contributed by atoms with van der Waals surface area (Å²) in [7, 11) is -2.26. The number of nitrogens with one attached hydrogen (secondary N) is 1. The minimum absolute atomic E-state index is 0.0501. The lowest BCUT2D eigenvalue weighted by molar-refractivity contribution is -0.116. The number of sulfonamides is 1. The van der Waals surface area contributed by atoms with E-state index in [2.05, 4.69) is 5.32 Å². The Hall–Kier alpha value is -2.74. The number of rotatable bonds is 6. The summed E-state index contributed by atoms with van der Waals surface area (Å²) < 4.78 is 37.1. The first kappa shape index (κ1) is 19.6. The highest BCUT2D eigenvalue weighted by Crippen LogP contribution is 2.58. The molecule has 1 saturated carbocycles. The van der Waals surface area contributed by atoms with Crippen molar-refractivity contribution >= 4 is 27.3 Å². The zero-order valence-corrected chi connectivity index (χ0v) is 17.4. The van der Waals surface area contributed by atoms with E-state index in [1.165, 1.54) is 4.31 Å². The van der Waals surface area contributed by atoms with E-state index in [1.807, 2.05) is 13.8 Å². The topological polar surface area (TPSA) is 84.9 Å². The SMILES string of the molecule is COc1ccc(N2C[C@H]3C[C@@]3(C(=O)Nc3ccc(OC(C)C)cc3)S2(=O)=O)cc1. The van der Waals surface area contributed by atoms with Crippen LogP contribution in [0.25, 0.3) is 0 Å². The van der Waals surface area contributed by atoms with E-state index in [0.717, 1.165) is 0 Å². The van der Waals surface area contributed by atoms with Crippen molar-refractivity contribution in [2.75, 3.05) is 23.3 Å². The van der Waals surface area contributed by atoms with E-state index < -0.39 is 20.7 Å². The minimum Gasteiger partial charge on any atom is -0.497 e. The second-order valence-corrected chi connectivity index (χ2v) is 9.79. The Labute approximate surface area is 170 Å². The maximum Gasteiger partial charge on any atom is 0.250 e. The van der Waals surface area contributed by atoms with Gasteiger partial charge < -0.3 is 14.8 Å². The number of nitrogens with zero attached hydrogens (tertiary/aromatic N) is 1. The summed E-state index contributed by atoms with van der Waals surface area (Å²) in [6.45, 7) is 4.17. The van der Waals surface area contributed by atoms with E-state index in [0.29, 0.717) is 35.8 Å². The number of anilines is 2. The molecule has 8 heteroatoms. The van der Waals surface area contributed by atoms with E-state index in [1.54, 1.807) is 55.6 Å². The quantitative estimate of drug-likeness (QED) is 0.782. The summed E-state index contributed by atoms with van der Waals surface area (Å²) in [5.74, 6) is 0.654. The van der Waals surface area contributed by atoms with Gasteiger partial charge >= 0.3 is 0 Å². The van der Waals surface area contributed by atoms with Crippen molar-refractivity contribution in [3.05, 3.63) is 48.5 Å². The lowest BCUT2D eigenvalue weighted by Gasteiger charge is -2.23. The number of benzene rings is 2. The summed E-state index contributed by atoms with van der Waals surface area (Å²) in [6, 6.07) is 13.7. The molecule has 0 radical (unpaired) electrons. The highest BCUT2D eigenvalue weighted by molar-refractivity contribution is 7.95. The van der Waals surface area contributed by atoms with Gasteiger partial charge in [-0.1, -0.05) is 0 Å².